The minimum atomic E-state index is -0.422. The molecule has 0 radical (unpaired) electrons. The van der Waals surface area contributed by atoms with Crippen LogP contribution in [-0.2, 0) is 25.4 Å². The van der Waals surface area contributed by atoms with Crippen LogP contribution in [0.15, 0.2) is 15.9 Å². The Balaban J connectivity index is 1.58. The molecule has 4 heterocycles. The molecule has 2 aliphatic rings. The van der Waals surface area contributed by atoms with E-state index in [0.717, 1.165) is 48.7 Å². The molecule has 1 atom stereocenters. The molecule has 10 heteroatoms. The second-order valence-electron chi connectivity index (χ2n) is 8.28. The van der Waals surface area contributed by atoms with Crippen molar-refractivity contribution in [2.75, 3.05) is 37.7 Å². The van der Waals surface area contributed by atoms with Gasteiger partial charge in [-0.2, -0.15) is 11.8 Å². The number of amides is 1. The monoisotopic (exact) mass is 434 g/mol. The van der Waals surface area contributed by atoms with E-state index in [4.69, 9.17) is 0 Å². The molecule has 4 rings (SSSR count). The van der Waals surface area contributed by atoms with Crippen molar-refractivity contribution in [3.63, 3.8) is 0 Å². The quantitative estimate of drug-likeness (QED) is 0.686. The Morgan fingerprint density at radius 2 is 1.87 bits per heavy atom. The minimum absolute atomic E-state index is 0.00900. The lowest BCUT2D eigenvalue weighted by Crippen LogP contribution is -2.50. The van der Waals surface area contributed by atoms with Gasteiger partial charge < -0.3 is 14.4 Å². The predicted octanol–water partition coefficient (Wildman–Crippen LogP) is 0.254. The number of imidazole rings is 1. The van der Waals surface area contributed by atoms with Gasteiger partial charge in [0, 0.05) is 32.9 Å². The molecule has 164 valence electrons. The maximum Gasteiger partial charge on any atom is 0.332 e. The first-order chi connectivity index (χ1) is 14.5. The molecular weight excluding hydrogens is 404 g/mol. The van der Waals surface area contributed by atoms with E-state index in [0.29, 0.717) is 11.2 Å². The molecule has 2 aliphatic heterocycles. The number of aryl methyl sites for hydroxylation is 1. The Kier molecular flexibility index (Phi) is 6.33. The molecule has 9 nitrogen and oxygen atoms in total. The van der Waals surface area contributed by atoms with Crippen molar-refractivity contribution in [2.45, 2.75) is 38.3 Å². The Labute approximate surface area is 179 Å². The molecule has 2 fully saturated rings. The molecule has 2 aromatic rings. The molecule has 1 amide bonds. The Morgan fingerprint density at radius 1 is 1.10 bits per heavy atom. The van der Waals surface area contributed by atoms with Crippen molar-refractivity contribution in [3.8, 4) is 0 Å². The van der Waals surface area contributed by atoms with E-state index >= 15 is 0 Å². The van der Waals surface area contributed by atoms with Crippen LogP contribution in [0.1, 0.15) is 25.7 Å². The molecule has 0 aromatic carbocycles. The van der Waals surface area contributed by atoms with Crippen molar-refractivity contribution in [1.82, 2.24) is 28.5 Å². The van der Waals surface area contributed by atoms with Gasteiger partial charge in [-0.1, -0.05) is 6.42 Å². The predicted molar refractivity (Wildman–Crippen MR) is 118 cm³/mol. The summed E-state index contributed by atoms with van der Waals surface area (Å²) in [6, 6.07) is 0.185. The van der Waals surface area contributed by atoms with Gasteiger partial charge in [0.1, 0.15) is 6.54 Å². The van der Waals surface area contributed by atoms with Crippen molar-refractivity contribution in [2.24, 2.45) is 14.1 Å². The third-order valence-electron chi connectivity index (χ3n) is 6.20. The maximum absolute atomic E-state index is 13.3. The highest BCUT2D eigenvalue weighted by molar-refractivity contribution is 7.99. The molecule has 0 saturated carbocycles. The molecule has 0 spiro atoms. The Hall–Kier alpha value is -2.07. The van der Waals surface area contributed by atoms with Gasteiger partial charge in [0.25, 0.3) is 5.56 Å². The summed E-state index contributed by atoms with van der Waals surface area (Å²) in [7, 11) is 3.04. The number of nitrogens with zero attached hydrogens (tertiary/aromatic N) is 6. The number of aromatic nitrogens is 4. The van der Waals surface area contributed by atoms with Gasteiger partial charge in [-0.15, -0.1) is 0 Å². The average Bonchev–Trinajstić information content (AvgIpc) is 3.02. The van der Waals surface area contributed by atoms with Crippen LogP contribution < -0.4 is 11.2 Å². The van der Waals surface area contributed by atoms with E-state index < -0.39 is 11.2 Å². The van der Waals surface area contributed by atoms with Gasteiger partial charge in [0.15, 0.2) is 11.2 Å². The van der Waals surface area contributed by atoms with Crippen LogP contribution >= 0.6 is 11.8 Å². The van der Waals surface area contributed by atoms with Gasteiger partial charge in [0.2, 0.25) is 5.91 Å². The van der Waals surface area contributed by atoms with Crippen molar-refractivity contribution < 1.29 is 4.79 Å². The summed E-state index contributed by atoms with van der Waals surface area (Å²) in [6.45, 7) is 3.94. The third-order valence-corrected chi connectivity index (χ3v) is 7.40. The molecule has 0 aliphatic carbocycles. The summed E-state index contributed by atoms with van der Waals surface area (Å²) in [5.74, 6) is 2.02. The highest BCUT2D eigenvalue weighted by Crippen LogP contribution is 2.20. The lowest BCUT2D eigenvalue weighted by atomic mass is 10.1. The standard InChI is InChI=1S/C20H30N6O3S/c1-22-18-17(19(28)23(2)20(22)29)25(14-21-18)12-16(27)26-9-6-10-30-13-15(26)11-24-7-4-3-5-8-24/h14-15H,3-13H2,1-2H3. The molecular formula is C20H30N6O3S. The number of piperidine rings is 1. The summed E-state index contributed by atoms with van der Waals surface area (Å²) in [6.07, 6.45) is 6.24. The smallest absolute Gasteiger partial charge is 0.332 e. The third kappa shape index (κ3) is 4.07. The second kappa shape index (κ2) is 8.97. The van der Waals surface area contributed by atoms with Crippen molar-refractivity contribution in [1.29, 1.82) is 0 Å². The highest BCUT2D eigenvalue weighted by Gasteiger charge is 2.28. The van der Waals surface area contributed by atoms with Gasteiger partial charge >= 0.3 is 5.69 Å². The molecule has 2 aromatic heterocycles. The summed E-state index contributed by atoms with van der Waals surface area (Å²) in [5, 5.41) is 0. The SMILES string of the molecule is Cn1c(=O)c2c(ncn2CC(=O)N2CCCSCC2CN2CCCCC2)n(C)c1=O. The van der Waals surface area contributed by atoms with Crippen LogP contribution in [0.2, 0.25) is 0 Å². The van der Waals surface area contributed by atoms with Crippen LogP contribution in [0.3, 0.4) is 0 Å². The largest absolute Gasteiger partial charge is 0.336 e. The summed E-state index contributed by atoms with van der Waals surface area (Å²) in [5.41, 5.74) is -0.234. The van der Waals surface area contributed by atoms with E-state index in [2.05, 4.69) is 9.88 Å². The van der Waals surface area contributed by atoms with Crippen molar-refractivity contribution in [3.05, 3.63) is 27.2 Å². The van der Waals surface area contributed by atoms with Gasteiger partial charge in [-0.3, -0.25) is 18.7 Å². The van der Waals surface area contributed by atoms with Gasteiger partial charge in [-0.25, -0.2) is 9.78 Å². The summed E-state index contributed by atoms with van der Waals surface area (Å²) < 4.78 is 4.00. The first-order valence-corrected chi connectivity index (χ1v) is 11.8. The summed E-state index contributed by atoms with van der Waals surface area (Å²) in [4.78, 5) is 46.9. The maximum atomic E-state index is 13.3. The number of rotatable bonds is 4. The molecule has 1 unspecified atom stereocenters. The van der Waals surface area contributed by atoms with E-state index in [1.165, 1.54) is 37.2 Å². The first-order valence-electron chi connectivity index (χ1n) is 10.7. The topological polar surface area (TPSA) is 85.4 Å². The van der Waals surface area contributed by atoms with Crippen LogP contribution in [-0.4, -0.2) is 78.1 Å². The second-order valence-corrected chi connectivity index (χ2v) is 9.43. The average molecular weight is 435 g/mol. The minimum Gasteiger partial charge on any atom is -0.336 e. The van der Waals surface area contributed by atoms with Gasteiger partial charge in [-0.05, 0) is 38.1 Å². The van der Waals surface area contributed by atoms with E-state index in [1.807, 2.05) is 16.7 Å². The number of hydrogen-bond donors (Lipinski definition) is 0. The fourth-order valence-corrected chi connectivity index (χ4v) is 5.56. The summed E-state index contributed by atoms with van der Waals surface area (Å²) >= 11 is 1.92. The number of carbonyl (C=O) groups excluding carboxylic acids is 1. The number of likely N-dealkylation sites (tertiary alicyclic amines) is 1. The lowest BCUT2D eigenvalue weighted by Gasteiger charge is -2.35. The van der Waals surface area contributed by atoms with Gasteiger partial charge in [0.05, 0.1) is 12.4 Å². The Morgan fingerprint density at radius 3 is 2.63 bits per heavy atom. The number of hydrogen-bond acceptors (Lipinski definition) is 6. The molecule has 2 saturated heterocycles. The van der Waals surface area contributed by atoms with Crippen LogP contribution in [0, 0.1) is 0 Å². The normalized spacial score (nSPS) is 21.1. The highest BCUT2D eigenvalue weighted by atomic mass is 32.2. The molecule has 0 bridgehead atoms. The molecule has 30 heavy (non-hydrogen) atoms. The zero-order chi connectivity index (χ0) is 21.3. The van der Waals surface area contributed by atoms with Crippen LogP contribution in [0.25, 0.3) is 11.2 Å². The number of fused-ring (bicyclic) bond motifs is 1. The van der Waals surface area contributed by atoms with E-state index in [1.54, 1.807) is 11.6 Å². The van der Waals surface area contributed by atoms with E-state index in [-0.39, 0.29) is 18.5 Å². The number of thioether (sulfide) groups is 1. The fourth-order valence-electron chi connectivity index (χ4n) is 4.50. The number of carbonyl (C=O) groups is 1. The zero-order valence-electron chi connectivity index (χ0n) is 17.7. The lowest BCUT2D eigenvalue weighted by molar-refractivity contribution is -0.134. The van der Waals surface area contributed by atoms with Crippen molar-refractivity contribution >= 4 is 28.8 Å². The van der Waals surface area contributed by atoms with Crippen LogP contribution in [0.5, 0.6) is 0 Å². The molecule has 0 N–H and O–H groups in total. The van der Waals surface area contributed by atoms with Crippen LogP contribution in [0.4, 0.5) is 0 Å². The Bertz CT molecular complexity index is 1040. The van der Waals surface area contributed by atoms with E-state index in [9.17, 15) is 14.4 Å². The fraction of sp³-hybridized carbons (Fsp3) is 0.700. The zero-order valence-corrected chi connectivity index (χ0v) is 18.6. The first kappa shape index (κ1) is 21.2.